The lowest BCUT2D eigenvalue weighted by Crippen LogP contribution is -2.16. The molecule has 348 valence electrons. The number of anilines is 6. The van der Waals surface area contributed by atoms with Crippen molar-refractivity contribution in [3.05, 3.63) is 241 Å². The van der Waals surface area contributed by atoms with Crippen LogP contribution in [0.1, 0.15) is 22.3 Å². The van der Waals surface area contributed by atoms with Gasteiger partial charge in [0, 0.05) is 60.2 Å². The molecule has 0 bridgehead atoms. The summed E-state index contributed by atoms with van der Waals surface area (Å²) in [4.78, 5) is 4.85. The third kappa shape index (κ3) is 6.62. The van der Waals surface area contributed by atoms with Crippen molar-refractivity contribution < 1.29 is 13.3 Å². The van der Waals surface area contributed by atoms with Crippen molar-refractivity contribution in [2.75, 3.05) is 9.80 Å². The van der Waals surface area contributed by atoms with E-state index in [0.29, 0.717) is 0 Å². The molecule has 0 atom stereocenters. The normalized spacial score (nSPS) is 11.8. The molecule has 5 heteroatoms. The minimum absolute atomic E-state index is 0.757. The van der Waals surface area contributed by atoms with Gasteiger partial charge in [-0.05, 0) is 91.4 Å². The second-order valence-electron chi connectivity index (χ2n) is 19.4. The van der Waals surface area contributed by atoms with Gasteiger partial charge in [-0.1, -0.05) is 188 Å². The van der Waals surface area contributed by atoms with Gasteiger partial charge in [0.15, 0.2) is 16.7 Å². The first-order valence-electron chi connectivity index (χ1n) is 25.0. The number of furan rings is 3. The Labute approximate surface area is 422 Å². The molecular weight excluding hydrogens is 893 g/mol. The number of hydrogen-bond acceptors (Lipinski definition) is 5. The minimum atomic E-state index is 0.757. The molecule has 0 aliphatic heterocycles. The quantitative estimate of drug-likeness (QED) is 0.142. The van der Waals surface area contributed by atoms with E-state index in [1.165, 1.54) is 0 Å². The number of para-hydroxylation sites is 5. The maximum Gasteiger partial charge on any atom is 0.162 e. The molecule has 0 radical (unpaired) electrons. The molecule has 3 aromatic heterocycles. The van der Waals surface area contributed by atoms with Crippen molar-refractivity contribution in [2.45, 2.75) is 27.7 Å². The average Bonchev–Trinajstić information content (AvgIpc) is 4.14. The Hall–Kier alpha value is -9.32. The number of benzene rings is 11. The summed E-state index contributed by atoms with van der Waals surface area (Å²) >= 11 is 0. The van der Waals surface area contributed by atoms with Gasteiger partial charge >= 0.3 is 0 Å². The van der Waals surface area contributed by atoms with E-state index < -0.39 is 0 Å². The Morgan fingerprint density at radius 3 is 1.22 bits per heavy atom. The Balaban J connectivity index is 1.13. The van der Waals surface area contributed by atoms with E-state index in [9.17, 15) is 0 Å². The highest BCUT2D eigenvalue weighted by Gasteiger charge is 2.33. The first-order chi connectivity index (χ1) is 35.9. The van der Waals surface area contributed by atoms with Crippen LogP contribution in [0.4, 0.5) is 34.1 Å². The molecule has 0 aliphatic rings. The lowest BCUT2D eigenvalue weighted by Gasteiger charge is -2.32. The van der Waals surface area contributed by atoms with E-state index in [1.807, 2.05) is 0 Å². The lowest BCUT2D eigenvalue weighted by molar-refractivity contribution is 0.667. The third-order valence-electron chi connectivity index (χ3n) is 14.8. The van der Waals surface area contributed by atoms with Crippen molar-refractivity contribution in [2.24, 2.45) is 0 Å². The van der Waals surface area contributed by atoms with E-state index in [-0.39, 0.29) is 0 Å². The highest BCUT2D eigenvalue weighted by atomic mass is 16.3. The number of fused-ring (bicyclic) bond motifs is 10. The summed E-state index contributed by atoms with van der Waals surface area (Å²) < 4.78 is 22.0. The molecule has 0 fully saturated rings. The number of rotatable bonds is 8. The zero-order valence-electron chi connectivity index (χ0n) is 40.9. The largest absolute Gasteiger partial charge is 0.454 e. The number of aryl methyl sites for hydroxylation is 4. The summed E-state index contributed by atoms with van der Waals surface area (Å²) in [6.45, 7) is 8.73. The van der Waals surface area contributed by atoms with Crippen molar-refractivity contribution in [1.82, 2.24) is 0 Å². The van der Waals surface area contributed by atoms with Crippen LogP contribution in [0.5, 0.6) is 0 Å². The summed E-state index contributed by atoms with van der Waals surface area (Å²) in [7, 11) is 0. The predicted octanol–water partition coefficient (Wildman–Crippen LogP) is 20.0. The molecule has 14 rings (SSSR count). The summed E-state index contributed by atoms with van der Waals surface area (Å²) in [6.07, 6.45) is 0. The van der Waals surface area contributed by atoms with Crippen molar-refractivity contribution in [3.8, 4) is 22.3 Å². The zero-order chi connectivity index (χ0) is 48.9. The van der Waals surface area contributed by atoms with Gasteiger partial charge in [-0.25, -0.2) is 0 Å². The molecule has 0 amide bonds. The SMILES string of the molecule is Cc1ccc(C)c(N(c2cccc3c2oc2c(-c4ccccc4)cccc23)c2c3ccccc3c(N(c3cc(C)ccc3C)c3cccc4c3oc3c(-c5ccccc5)cccc34)c3c2oc2ccccc23)c1. The second kappa shape index (κ2) is 16.6. The molecule has 0 aliphatic carbocycles. The first kappa shape index (κ1) is 42.5. The van der Waals surface area contributed by atoms with Crippen LogP contribution in [0.3, 0.4) is 0 Å². The van der Waals surface area contributed by atoms with Crippen LogP contribution in [-0.4, -0.2) is 0 Å². The lowest BCUT2D eigenvalue weighted by atomic mass is 9.96. The van der Waals surface area contributed by atoms with Crippen LogP contribution in [-0.2, 0) is 0 Å². The fourth-order valence-corrected chi connectivity index (χ4v) is 11.4. The maximum absolute atomic E-state index is 7.43. The minimum Gasteiger partial charge on any atom is -0.454 e. The van der Waals surface area contributed by atoms with Gasteiger partial charge in [0.1, 0.15) is 16.7 Å². The summed E-state index contributed by atoms with van der Waals surface area (Å²) in [5.41, 5.74) is 19.6. The highest BCUT2D eigenvalue weighted by Crippen LogP contribution is 2.56. The Morgan fingerprint density at radius 1 is 0.288 bits per heavy atom. The van der Waals surface area contributed by atoms with Gasteiger partial charge < -0.3 is 23.1 Å². The summed E-state index contributed by atoms with van der Waals surface area (Å²) in [6, 6.07) is 77.8. The molecular formula is C68H48N2O3. The van der Waals surface area contributed by atoms with Crippen LogP contribution in [0.25, 0.3) is 98.8 Å². The Kier molecular flexibility index (Phi) is 9.70. The van der Waals surface area contributed by atoms with Gasteiger partial charge in [0.05, 0.1) is 28.1 Å². The fourth-order valence-electron chi connectivity index (χ4n) is 11.4. The molecule has 0 spiro atoms. The van der Waals surface area contributed by atoms with Crippen molar-refractivity contribution in [1.29, 1.82) is 0 Å². The van der Waals surface area contributed by atoms with E-state index in [0.717, 1.165) is 155 Å². The van der Waals surface area contributed by atoms with Crippen LogP contribution in [0, 0.1) is 27.7 Å². The van der Waals surface area contributed by atoms with E-state index in [4.69, 9.17) is 13.3 Å². The molecule has 3 heterocycles. The van der Waals surface area contributed by atoms with Crippen molar-refractivity contribution >= 4 is 111 Å². The smallest absolute Gasteiger partial charge is 0.162 e. The molecule has 0 unspecified atom stereocenters. The topological polar surface area (TPSA) is 45.9 Å². The summed E-state index contributed by atoms with van der Waals surface area (Å²) in [5.74, 6) is 0. The van der Waals surface area contributed by atoms with E-state index >= 15 is 0 Å². The first-order valence-corrected chi connectivity index (χ1v) is 25.0. The van der Waals surface area contributed by atoms with Crippen molar-refractivity contribution in [3.63, 3.8) is 0 Å². The average molecular weight is 941 g/mol. The van der Waals surface area contributed by atoms with Gasteiger partial charge in [-0.3, -0.25) is 0 Å². The van der Waals surface area contributed by atoms with Gasteiger partial charge in [0.2, 0.25) is 0 Å². The van der Waals surface area contributed by atoms with E-state index in [1.54, 1.807) is 0 Å². The van der Waals surface area contributed by atoms with Crippen LogP contribution in [0.2, 0.25) is 0 Å². The number of nitrogens with zero attached hydrogens (tertiary/aromatic N) is 2. The van der Waals surface area contributed by atoms with E-state index in [2.05, 4.69) is 256 Å². The molecule has 5 nitrogen and oxygen atoms in total. The fraction of sp³-hybridized carbons (Fsp3) is 0.0588. The maximum atomic E-state index is 7.43. The standard InChI is InChI=1S/C68H48N2O3/c1-41-35-37-43(3)58(39-41)69(56-32-17-30-53-51-28-15-26-47(64(51)72-66(53)56)45-19-7-5-8-20-45)62-49-23-11-12-24-50(49)63(68-61(62)55-25-13-14-34-60(55)71-68)70(59-40-42(2)36-38-44(59)4)57-33-18-31-54-52-29-16-27-48(65(52)73-67(54)57)46-21-9-6-10-22-46/h5-40H,1-4H3. The predicted molar refractivity (Wildman–Crippen MR) is 305 cm³/mol. The third-order valence-corrected chi connectivity index (χ3v) is 14.8. The monoisotopic (exact) mass is 940 g/mol. The molecule has 0 N–H and O–H groups in total. The summed E-state index contributed by atoms with van der Waals surface area (Å²) in [5, 5.41) is 8.28. The molecule has 0 saturated carbocycles. The zero-order valence-corrected chi connectivity index (χ0v) is 40.9. The molecule has 0 saturated heterocycles. The van der Waals surface area contributed by atoms with Crippen LogP contribution < -0.4 is 9.80 Å². The van der Waals surface area contributed by atoms with Gasteiger partial charge in [-0.15, -0.1) is 0 Å². The number of hydrogen-bond donors (Lipinski definition) is 0. The molecule has 73 heavy (non-hydrogen) atoms. The van der Waals surface area contributed by atoms with Gasteiger partial charge in [-0.2, -0.15) is 0 Å². The highest BCUT2D eigenvalue weighted by molar-refractivity contribution is 6.30. The Morgan fingerprint density at radius 2 is 0.699 bits per heavy atom. The molecule has 14 aromatic rings. The van der Waals surface area contributed by atoms with Gasteiger partial charge in [0.25, 0.3) is 0 Å². The second-order valence-corrected chi connectivity index (χ2v) is 19.4. The molecule has 11 aromatic carbocycles. The van der Waals surface area contributed by atoms with Crippen LogP contribution in [0.15, 0.2) is 232 Å². The Bertz CT molecular complexity index is 4500. The van der Waals surface area contributed by atoms with Crippen LogP contribution >= 0.6 is 0 Å².